The van der Waals surface area contributed by atoms with Crippen molar-refractivity contribution in [2.24, 2.45) is 0 Å². The van der Waals surface area contributed by atoms with Gasteiger partial charge in [0.2, 0.25) is 5.78 Å². The van der Waals surface area contributed by atoms with Crippen LogP contribution in [0.5, 0.6) is 0 Å². The van der Waals surface area contributed by atoms with Crippen LogP contribution in [-0.4, -0.2) is 22.2 Å². The number of carbonyl (C=O) groups excluding carboxylic acids is 1. The molecule has 1 atom stereocenters. The Hall–Kier alpha value is -2.67. The molecule has 1 aromatic carbocycles. The zero-order valence-electron chi connectivity index (χ0n) is 13.4. The zero-order chi connectivity index (χ0) is 17.7. The maximum absolute atomic E-state index is 12.9. The van der Waals surface area contributed by atoms with Crippen LogP contribution in [0.25, 0.3) is 0 Å². The monoisotopic (exact) mass is 344 g/mol. The van der Waals surface area contributed by atoms with E-state index in [2.05, 4.69) is 5.32 Å². The number of nitro benzene ring substituents is 1. The molecule has 0 amide bonds. The van der Waals surface area contributed by atoms with Crippen LogP contribution in [-0.2, 0) is 0 Å². The summed E-state index contributed by atoms with van der Waals surface area (Å²) in [6.45, 7) is 4.44. The third kappa shape index (κ3) is 3.99. The van der Waals surface area contributed by atoms with E-state index in [1.807, 2.05) is 32.2 Å². The number of ketones is 1. The van der Waals surface area contributed by atoms with Gasteiger partial charge in [0.25, 0.3) is 11.7 Å². The Labute approximate surface area is 145 Å². The van der Waals surface area contributed by atoms with Gasteiger partial charge in [0.1, 0.15) is 0 Å². The maximum atomic E-state index is 12.9. The first-order valence-corrected chi connectivity index (χ1v) is 7.88. The normalized spacial score (nSPS) is 11.6. The molecule has 0 saturated heterocycles. The highest BCUT2D eigenvalue weighted by Crippen LogP contribution is 2.16. The maximum Gasteiger partial charge on any atom is 0.270 e. The molecule has 0 aliphatic carbocycles. The van der Waals surface area contributed by atoms with Crippen molar-refractivity contribution in [3.8, 4) is 0 Å². The number of nitrogens with one attached hydrogen (secondary N) is 1. The van der Waals surface area contributed by atoms with Crippen molar-refractivity contribution < 1.29 is 14.3 Å². The molecule has 0 aliphatic rings. The summed E-state index contributed by atoms with van der Waals surface area (Å²) < 4.78 is 1.75. The topological polar surface area (TPSA) is 76.1 Å². The lowest BCUT2D eigenvalue weighted by Gasteiger charge is -2.14. The first-order valence-electron chi connectivity index (χ1n) is 7.47. The van der Waals surface area contributed by atoms with Crippen LogP contribution in [0.3, 0.4) is 0 Å². The zero-order valence-corrected chi connectivity index (χ0v) is 14.2. The molecule has 6 nitrogen and oxygen atoms in total. The van der Waals surface area contributed by atoms with E-state index in [1.165, 1.54) is 24.3 Å². The van der Waals surface area contributed by atoms with Gasteiger partial charge in [-0.1, -0.05) is 12.2 Å². The van der Waals surface area contributed by atoms with Gasteiger partial charge in [-0.3, -0.25) is 14.9 Å². The lowest BCUT2D eigenvalue weighted by atomic mass is 10.0. The van der Waals surface area contributed by atoms with Crippen molar-refractivity contribution in [1.29, 1.82) is 0 Å². The van der Waals surface area contributed by atoms with E-state index < -0.39 is 11.0 Å². The fourth-order valence-corrected chi connectivity index (χ4v) is 2.72. The Kier molecular flexibility index (Phi) is 5.70. The van der Waals surface area contributed by atoms with Crippen LogP contribution in [0, 0.1) is 17.0 Å². The molecule has 0 saturated carbocycles. The fourth-order valence-electron chi connectivity index (χ4n) is 2.34. The summed E-state index contributed by atoms with van der Waals surface area (Å²) in [4.78, 5) is 23.6. The van der Waals surface area contributed by atoms with E-state index in [4.69, 9.17) is 12.2 Å². The molecule has 0 radical (unpaired) electrons. The smallest absolute Gasteiger partial charge is 0.270 e. The van der Waals surface area contributed by atoms with E-state index >= 15 is 0 Å². The molecule has 124 valence electrons. The third-order valence-electron chi connectivity index (χ3n) is 3.48. The highest BCUT2D eigenvalue weighted by molar-refractivity contribution is 7.80. The Balaban J connectivity index is 2.40. The molecule has 1 aromatic heterocycles. The van der Waals surface area contributed by atoms with Crippen LogP contribution in [0.15, 0.2) is 48.8 Å². The molecule has 7 heteroatoms. The van der Waals surface area contributed by atoms with E-state index in [-0.39, 0.29) is 11.5 Å². The number of aryl methyl sites for hydroxylation is 1. The number of aromatic nitrogens is 1. The Morgan fingerprint density at radius 1 is 1.33 bits per heavy atom. The molecule has 2 aromatic rings. The standard InChI is InChI=1S/C17H17N3O3S/c1-3-18-17(24)15(19-10-4-5-12(2)11-19)16(21)13-6-8-14(9-7-13)20(22)23/h4-11,15H,3H2,1-2H3/p+1. The quantitative estimate of drug-likeness (QED) is 0.286. The summed E-state index contributed by atoms with van der Waals surface area (Å²) in [6, 6.07) is 8.64. The molecule has 1 unspecified atom stereocenters. The van der Waals surface area contributed by atoms with Gasteiger partial charge in [0.05, 0.1) is 4.92 Å². The summed E-state index contributed by atoms with van der Waals surface area (Å²) in [6.07, 6.45) is 3.63. The average Bonchev–Trinajstić information content (AvgIpc) is 2.55. The van der Waals surface area contributed by atoms with Crippen molar-refractivity contribution >= 4 is 28.7 Å². The van der Waals surface area contributed by atoms with Gasteiger partial charge in [0.15, 0.2) is 17.4 Å². The highest BCUT2D eigenvalue weighted by Gasteiger charge is 2.33. The lowest BCUT2D eigenvalue weighted by Crippen LogP contribution is -2.51. The number of Topliss-reactive ketones (excluding diaryl/α,β-unsaturated/α-hetero) is 1. The number of nitro groups is 1. The third-order valence-corrected chi connectivity index (χ3v) is 3.85. The summed E-state index contributed by atoms with van der Waals surface area (Å²) in [7, 11) is 0. The Morgan fingerprint density at radius 2 is 2.00 bits per heavy atom. The van der Waals surface area contributed by atoms with Crippen LogP contribution in [0.1, 0.15) is 28.9 Å². The number of hydrogen-bond acceptors (Lipinski definition) is 4. The number of pyridine rings is 1. The predicted molar refractivity (Wildman–Crippen MR) is 94.1 cm³/mol. The molecule has 1 N–H and O–H groups in total. The van der Waals surface area contributed by atoms with Crippen LogP contribution in [0.4, 0.5) is 5.69 Å². The van der Waals surface area contributed by atoms with Gasteiger partial charge in [-0.25, -0.2) is 0 Å². The molecule has 0 bridgehead atoms. The first-order chi connectivity index (χ1) is 11.4. The van der Waals surface area contributed by atoms with Crippen LogP contribution >= 0.6 is 12.2 Å². The molecular weight excluding hydrogens is 326 g/mol. The summed E-state index contributed by atoms with van der Waals surface area (Å²) in [5.74, 6) is -0.216. The van der Waals surface area contributed by atoms with Crippen molar-refractivity contribution in [2.75, 3.05) is 6.54 Å². The molecule has 0 aliphatic heterocycles. The van der Waals surface area contributed by atoms with Crippen LogP contribution < -0.4 is 9.88 Å². The van der Waals surface area contributed by atoms with Gasteiger partial charge in [-0.15, -0.1) is 0 Å². The second-order valence-electron chi connectivity index (χ2n) is 5.29. The van der Waals surface area contributed by atoms with Crippen molar-refractivity contribution in [3.05, 3.63) is 70.0 Å². The number of rotatable bonds is 6. The van der Waals surface area contributed by atoms with Gasteiger partial charge in [0, 0.05) is 35.9 Å². The van der Waals surface area contributed by atoms with E-state index in [1.54, 1.807) is 10.8 Å². The first kappa shape index (κ1) is 17.7. The van der Waals surface area contributed by atoms with E-state index in [9.17, 15) is 14.9 Å². The minimum atomic E-state index is -0.693. The van der Waals surface area contributed by atoms with E-state index in [0.717, 1.165) is 5.56 Å². The van der Waals surface area contributed by atoms with Crippen LogP contribution in [0.2, 0.25) is 0 Å². The van der Waals surface area contributed by atoms with Crippen molar-refractivity contribution in [3.63, 3.8) is 0 Å². The van der Waals surface area contributed by atoms with E-state index in [0.29, 0.717) is 17.1 Å². The van der Waals surface area contributed by atoms with Gasteiger partial charge in [-0.2, -0.15) is 4.57 Å². The number of likely N-dealkylation sites (N-methyl/N-ethyl adjacent to an activating group) is 1. The minimum absolute atomic E-state index is 0.0550. The molecule has 1 heterocycles. The predicted octanol–water partition coefficient (Wildman–Crippen LogP) is 2.55. The minimum Gasteiger partial charge on any atom is -0.374 e. The molecule has 24 heavy (non-hydrogen) atoms. The van der Waals surface area contributed by atoms with Crippen molar-refractivity contribution in [1.82, 2.24) is 5.32 Å². The molecular formula is C17H18N3O3S+. The van der Waals surface area contributed by atoms with Gasteiger partial charge in [-0.05, 0) is 32.0 Å². The van der Waals surface area contributed by atoms with Gasteiger partial charge < -0.3 is 5.32 Å². The molecule has 2 rings (SSSR count). The molecule has 0 spiro atoms. The number of non-ortho nitro benzene ring substituents is 1. The highest BCUT2D eigenvalue weighted by atomic mass is 32.1. The summed E-state index contributed by atoms with van der Waals surface area (Å²) in [5, 5.41) is 13.8. The SMILES string of the molecule is CCNC(=S)C(C(=O)c1ccc([N+](=O)[O-])cc1)[n+]1cccc(C)c1. The second kappa shape index (κ2) is 7.74. The number of carbonyl (C=O) groups is 1. The Bertz CT molecular complexity index is 775. The largest absolute Gasteiger partial charge is 0.374 e. The number of nitrogens with zero attached hydrogens (tertiary/aromatic N) is 2. The van der Waals surface area contributed by atoms with Crippen molar-refractivity contribution in [2.45, 2.75) is 19.9 Å². The second-order valence-corrected chi connectivity index (χ2v) is 5.73. The average molecular weight is 344 g/mol. The number of thiocarbonyl (C=S) groups is 1. The Morgan fingerprint density at radius 3 is 2.54 bits per heavy atom. The van der Waals surface area contributed by atoms with Gasteiger partial charge >= 0.3 is 0 Å². The fraction of sp³-hybridized carbons (Fsp3) is 0.235. The molecule has 0 fully saturated rings. The summed E-state index contributed by atoms with van der Waals surface area (Å²) in [5.41, 5.74) is 1.32. The number of hydrogen-bond donors (Lipinski definition) is 1. The summed E-state index contributed by atoms with van der Waals surface area (Å²) >= 11 is 5.38. The lowest BCUT2D eigenvalue weighted by molar-refractivity contribution is -0.692. The number of benzene rings is 1.